The van der Waals surface area contributed by atoms with Gasteiger partial charge in [0.1, 0.15) is 5.76 Å². The number of hydrogen-bond donors (Lipinski definition) is 2. The molecule has 1 rings (SSSR count). The Morgan fingerprint density at radius 2 is 2.00 bits per heavy atom. The van der Waals surface area contributed by atoms with Crippen molar-refractivity contribution in [1.29, 1.82) is 0 Å². The van der Waals surface area contributed by atoms with E-state index in [1.54, 1.807) is 6.26 Å². The maximum Gasteiger partial charge on any atom is 0.105 e. The third-order valence-electron chi connectivity index (χ3n) is 2.47. The van der Waals surface area contributed by atoms with E-state index in [1.807, 2.05) is 13.0 Å². The lowest BCUT2D eigenvalue weighted by Crippen LogP contribution is -2.37. The molecule has 16 heavy (non-hydrogen) atoms. The molecule has 0 aliphatic carbocycles. The lowest BCUT2D eigenvalue weighted by Gasteiger charge is -2.20. The second kappa shape index (κ2) is 6.06. The van der Waals surface area contributed by atoms with Crippen molar-refractivity contribution in [2.24, 2.45) is 0 Å². The first-order valence-corrected chi connectivity index (χ1v) is 5.98. The average Bonchev–Trinajstić information content (AvgIpc) is 2.56. The van der Waals surface area contributed by atoms with Gasteiger partial charge < -0.3 is 15.1 Å². The zero-order valence-electron chi connectivity index (χ0n) is 10.9. The van der Waals surface area contributed by atoms with E-state index in [-0.39, 0.29) is 5.54 Å². The van der Waals surface area contributed by atoms with Gasteiger partial charge in [-0.05, 0) is 53.3 Å². The van der Waals surface area contributed by atoms with Gasteiger partial charge in [0.2, 0.25) is 0 Å². The number of rotatable bonds is 6. The molecule has 0 amide bonds. The first-order valence-electron chi connectivity index (χ1n) is 5.98. The summed E-state index contributed by atoms with van der Waals surface area (Å²) in [6.45, 7) is 11.6. The minimum atomic E-state index is 0.223. The Labute approximate surface area is 98.6 Å². The molecule has 0 spiro atoms. The highest BCUT2D eigenvalue weighted by Crippen LogP contribution is 2.07. The highest BCUT2D eigenvalue weighted by molar-refractivity contribution is 5.14. The summed E-state index contributed by atoms with van der Waals surface area (Å²) >= 11 is 0. The van der Waals surface area contributed by atoms with Gasteiger partial charge >= 0.3 is 0 Å². The van der Waals surface area contributed by atoms with Crippen LogP contribution >= 0.6 is 0 Å². The summed E-state index contributed by atoms with van der Waals surface area (Å²) < 4.78 is 5.24. The fourth-order valence-electron chi connectivity index (χ4n) is 1.49. The van der Waals surface area contributed by atoms with Gasteiger partial charge in [-0.1, -0.05) is 0 Å². The molecule has 0 unspecified atom stereocenters. The van der Waals surface area contributed by atoms with E-state index in [0.717, 1.165) is 31.8 Å². The number of furan rings is 1. The second-order valence-corrected chi connectivity index (χ2v) is 5.21. The lowest BCUT2D eigenvalue weighted by atomic mass is 10.1. The fourth-order valence-corrected chi connectivity index (χ4v) is 1.49. The molecule has 1 heterocycles. The summed E-state index contributed by atoms with van der Waals surface area (Å²) in [5.74, 6) is 1.01. The molecule has 3 nitrogen and oxygen atoms in total. The van der Waals surface area contributed by atoms with Crippen molar-refractivity contribution in [3.8, 4) is 0 Å². The van der Waals surface area contributed by atoms with Crippen molar-refractivity contribution in [1.82, 2.24) is 10.6 Å². The molecular weight excluding hydrogens is 200 g/mol. The highest BCUT2D eigenvalue weighted by Gasteiger charge is 2.06. The zero-order chi connectivity index (χ0) is 12.0. The Balaban J connectivity index is 2.03. The Hall–Kier alpha value is -0.800. The molecule has 1 aromatic heterocycles. The molecule has 0 fully saturated rings. The van der Waals surface area contributed by atoms with Crippen LogP contribution in [-0.4, -0.2) is 18.6 Å². The van der Waals surface area contributed by atoms with Crippen LogP contribution in [0, 0.1) is 6.92 Å². The number of nitrogens with one attached hydrogen (secondary N) is 2. The number of aryl methyl sites for hydroxylation is 1. The molecule has 2 N–H and O–H groups in total. The van der Waals surface area contributed by atoms with Crippen molar-refractivity contribution in [3.63, 3.8) is 0 Å². The van der Waals surface area contributed by atoms with Crippen molar-refractivity contribution >= 4 is 0 Å². The summed E-state index contributed by atoms with van der Waals surface area (Å²) in [5, 5.41) is 6.88. The maximum atomic E-state index is 5.24. The Kier molecular flexibility index (Phi) is 5.03. The van der Waals surface area contributed by atoms with Crippen molar-refractivity contribution in [2.75, 3.05) is 13.1 Å². The van der Waals surface area contributed by atoms with Gasteiger partial charge in [-0.25, -0.2) is 0 Å². The van der Waals surface area contributed by atoms with Crippen molar-refractivity contribution < 1.29 is 4.42 Å². The topological polar surface area (TPSA) is 37.2 Å². The quantitative estimate of drug-likeness (QED) is 0.729. The minimum Gasteiger partial charge on any atom is -0.469 e. The van der Waals surface area contributed by atoms with Gasteiger partial charge in [0.05, 0.1) is 6.26 Å². The third kappa shape index (κ3) is 5.33. The van der Waals surface area contributed by atoms with E-state index >= 15 is 0 Å². The largest absolute Gasteiger partial charge is 0.469 e. The molecule has 0 aliphatic rings. The van der Waals surface area contributed by atoms with Crippen molar-refractivity contribution in [2.45, 2.75) is 46.2 Å². The lowest BCUT2D eigenvalue weighted by molar-refractivity contribution is 0.418. The standard InChI is InChI=1S/C13H24N2O/c1-11-12(6-9-16-11)10-14-7-5-8-15-13(2,3)4/h6,9,14-15H,5,7-8,10H2,1-4H3. The Bertz CT molecular complexity index is 299. The summed E-state index contributed by atoms with van der Waals surface area (Å²) in [7, 11) is 0. The van der Waals surface area contributed by atoms with Crippen LogP contribution in [-0.2, 0) is 6.54 Å². The van der Waals surface area contributed by atoms with Gasteiger partial charge in [0.15, 0.2) is 0 Å². The van der Waals surface area contributed by atoms with Gasteiger partial charge in [-0.2, -0.15) is 0 Å². The maximum absolute atomic E-state index is 5.24. The van der Waals surface area contributed by atoms with Crippen LogP contribution in [0.15, 0.2) is 16.7 Å². The zero-order valence-corrected chi connectivity index (χ0v) is 10.9. The number of hydrogen-bond acceptors (Lipinski definition) is 3. The predicted octanol–water partition coefficient (Wildman–Crippen LogP) is 2.46. The fraction of sp³-hybridized carbons (Fsp3) is 0.692. The average molecular weight is 224 g/mol. The summed E-state index contributed by atoms with van der Waals surface area (Å²) in [4.78, 5) is 0. The molecule has 92 valence electrons. The van der Waals surface area contributed by atoms with Crippen molar-refractivity contribution in [3.05, 3.63) is 23.7 Å². The van der Waals surface area contributed by atoms with E-state index in [1.165, 1.54) is 5.56 Å². The highest BCUT2D eigenvalue weighted by atomic mass is 16.3. The first-order chi connectivity index (χ1) is 7.49. The van der Waals surface area contributed by atoms with Crippen LogP contribution in [0.3, 0.4) is 0 Å². The molecular formula is C13H24N2O. The molecule has 0 saturated carbocycles. The van der Waals surface area contributed by atoms with Crippen LogP contribution in [0.5, 0.6) is 0 Å². The predicted molar refractivity (Wildman–Crippen MR) is 67.5 cm³/mol. The van der Waals surface area contributed by atoms with E-state index in [4.69, 9.17) is 4.42 Å². The molecule has 0 radical (unpaired) electrons. The van der Waals surface area contributed by atoms with Gasteiger partial charge in [-0.15, -0.1) is 0 Å². The summed E-state index contributed by atoms with van der Waals surface area (Å²) in [6, 6.07) is 2.02. The SMILES string of the molecule is Cc1occc1CNCCCNC(C)(C)C. The van der Waals surface area contributed by atoms with Gasteiger partial charge in [0.25, 0.3) is 0 Å². The van der Waals surface area contributed by atoms with Gasteiger partial charge in [0, 0.05) is 17.6 Å². The Morgan fingerprint density at radius 1 is 1.25 bits per heavy atom. The molecule has 1 aromatic rings. The molecule has 0 aliphatic heterocycles. The molecule has 0 aromatic carbocycles. The van der Waals surface area contributed by atoms with Crippen LogP contribution < -0.4 is 10.6 Å². The monoisotopic (exact) mass is 224 g/mol. The minimum absolute atomic E-state index is 0.223. The van der Waals surface area contributed by atoms with Crippen LogP contribution in [0.25, 0.3) is 0 Å². The molecule has 0 saturated heterocycles. The van der Waals surface area contributed by atoms with E-state index in [2.05, 4.69) is 31.4 Å². The van der Waals surface area contributed by atoms with Gasteiger partial charge in [-0.3, -0.25) is 0 Å². The Morgan fingerprint density at radius 3 is 2.56 bits per heavy atom. The molecule has 0 bridgehead atoms. The molecule has 0 atom stereocenters. The summed E-state index contributed by atoms with van der Waals surface area (Å²) in [5.41, 5.74) is 1.48. The molecule has 3 heteroatoms. The van der Waals surface area contributed by atoms with E-state index in [0.29, 0.717) is 0 Å². The van der Waals surface area contributed by atoms with Crippen LogP contribution in [0.2, 0.25) is 0 Å². The third-order valence-corrected chi connectivity index (χ3v) is 2.47. The van der Waals surface area contributed by atoms with E-state index < -0.39 is 0 Å². The first kappa shape index (κ1) is 13.3. The van der Waals surface area contributed by atoms with Crippen LogP contribution in [0.1, 0.15) is 38.5 Å². The summed E-state index contributed by atoms with van der Waals surface area (Å²) in [6.07, 6.45) is 2.89. The van der Waals surface area contributed by atoms with E-state index in [9.17, 15) is 0 Å². The normalized spacial score (nSPS) is 12.0. The second-order valence-electron chi connectivity index (χ2n) is 5.21. The smallest absolute Gasteiger partial charge is 0.105 e. The van der Waals surface area contributed by atoms with Crippen LogP contribution in [0.4, 0.5) is 0 Å².